The van der Waals surface area contributed by atoms with Crippen molar-refractivity contribution in [3.05, 3.63) is 0 Å². The van der Waals surface area contributed by atoms with E-state index in [1.54, 1.807) is 0 Å². The van der Waals surface area contributed by atoms with Crippen molar-refractivity contribution in [3.8, 4) is 0 Å². The Labute approximate surface area is 97.5 Å². The van der Waals surface area contributed by atoms with E-state index in [2.05, 4.69) is 0 Å². The molecule has 16 heavy (non-hydrogen) atoms. The third kappa shape index (κ3) is 2.57. The van der Waals surface area contributed by atoms with E-state index in [1.165, 1.54) is 20.0 Å². The Kier molecular flexibility index (Phi) is 3.85. The minimum atomic E-state index is -0.0289. The summed E-state index contributed by atoms with van der Waals surface area (Å²) in [5, 5.41) is 0. The van der Waals surface area contributed by atoms with E-state index in [-0.39, 0.29) is 11.9 Å². The number of hydrogen-bond acceptors (Lipinski definition) is 3. The molecule has 0 amide bonds. The summed E-state index contributed by atoms with van der Waals surface area (Å²) in [7, 11) is 3.31. The highest BCUT2D eigenvalue weighted by Gasteiger charge is 2.39. The maximum Gasteiger partial charge on any atom is 0.308 e. The number of carbonyl (C=O) groups is 1. The zero-order valence-electron chi connectivity index (χ0n) is 10.3. The quantitative estimate of drug-likeness (QED) is 0.690. The van der Waals surface area contributed by atoms with Gasteiger partial charge in [-0.05, 0) is 50.4 Å². The van der Waals surface area contributed by atoms with Gasteiger partial charge in [0.05, 0.1) is 19.1 Å². The standard InChI is InChI=1S/C13H22O3/c1-15-12(9-3-4-9)10-5-7-11(8-6-10)13(14)16-2/h9-12H,3-8H2,1-2H3. The van der Waals surface area contributed by atoms with Crippen molar-refractivity contribution in [2.75, 3.05) is 14.2 Å². The van der Waals surface area contributed by atoms with Crippen molar-refractivity contribution in [1.82, 2.24) is 0 Å². The van der Waals surface area contributed by atoms with Gasteiger partial charge >= 0.3 is 5.97 Å². The Balaban J connectivity index is 1.81. The largest absolute Gasteiger partial charge is 0.469 e. The zero-order valence-corrected chi connectivity index (χ0v) is 10.3. The van der Waals surface area contributed by atoms with Crippen LogP contribution in [0, 0.1) is 17.8 Å². The van der Waals surface area contributed by atoms with Crippen LogP contribution in [0.1, 0.15) is 38.5 Å². The smallest absolute Gasteiger partial charge is 0.308 e. The Morgan fingerprint density at radius 3 is 1.88 bits per heavy atom. The van der Waals surface area contributed by atoms with Gasteiger partial charge in [-0.25, -0.2) is 0 Å². The van der Waals surface area contributed by atoms with Crippen molar-refractivity contribution in [1.29, 1.82) is 0 Å². The summed E-state index contributed by atoms with van der Waals surface area (Å²) >= 11 is 0. The average molecular weight is 226 g/mol. The molecule has 0 aromatic rings. The van der Waals surface area contributed by atoms with E-state index in [4.69, 9.17) is 9.47 Å². The van der Waals surface area contributed by atoms with Crippen LogP contribution < -0.4 is 0 Å². The minimum absolute atomic E-state index is 0.0289. The highest BCUT2D eigenvalue weighted by molar-refractivity contribution is 5.72. The van der Waals surface area contributed by atoms with Gasteiger partial charge in [0.2, 0.25) is 0 Å². The van der Waals surface area contributed by atoms with Gasteiger partial charge in [-0.15, -0.1) is 0 Å². The van der Waals surface area contributed by atoms with Crippen molar-refractivity contribution in [2.45, 2.75) is 44.6 Å². The summed E-state index contributed by atoms with van der Waals surface area (Å²) in [5.41, 5.74) is 0. The number of ether oxygens (including phenoxy) is 2. The lowest BCUT2D eigenvalue weighted by molar-refractivity contribution is -0.147. The summed E-state index contributed by atoms with van der Waals surface area (Å²) < 4.78 is 10.4. The van der Waals surface area contributed by atoms with Crippen LogP contribution in [0.25, 0.3) is 0 Å². The third-order valence-corrected chi connectivity index (χ3v) is 4.13. The first kappa shape index (κ1) is 11.9. The molecule has 0 heterocycles. The van der Waals surface area contributed by atoms with E-state index in [0.29, 0.717) is 12.0 Å². The van der Waals surface area contributed by atoms with E-state index in [0.717, 1.165) is 31.6 Å². The molecule has 2 fully saturated rings. The van der Waals surface area contributed by atoms with E-state index >= 15 is 0 Å². The third-order valence-electron chi connectivity index (χ3n) is 4.13. The normalized spacial score (nSPS) is 32.1. The highest BCUT2D eigenvalue weighted by Crippen LogP contribution is 2.42. The Hall–Kier alpha value is -0.570. The maximum atomic E-state index is 11.4. The van der Waals surface area contributed by atoms with Crippen LogP contribution in [0.5, 0.6) is 0 Å². The molecule has 3 nitrogen and oxygen atoms in total. The summed E-state index contributed by atoms with van der Waals surface area (Å²) in [6.45, 7) is 0. The molecule has 0 aromatic heterocycles. The topological polar surface area (TPSA) is 35.5 Å². The van der Waals surface area contributed by atoms with Gasteiger partial charge in [-0.2, -0.15) is 0 Å². The second-order valence-electron chi connectivity index (χ2n) is 5.17. The first-order valence-electron chi connectivity index (χ1n) is 6.37. The van der Waals surface area contributed by atoms with Crippen LogP contribution >= 0.6 is 0 Å². The first-order chi connectivity index (χ1) is 7.76. The summed E-state index contributed by atoms with van der Waals surface area (Å²) in [6.07, 6.45) is 7.29. The fourth-order valence-corrected chi connectivity index (χ4v) is 3.04. The van der Waals surface area contributed by atoms with Crippen LogP contribution in [0.4, 0.5) is 0 Å². The average Bonchev–Trinajstić information content (AvgIpc) is 3.14. The fourth-order valence-electron chi connectivity index (χ4n) is 3.04. The van der Waals surface area contributed by atoms with Gasteiger partial charge in [0.15, 0.2) is 0 Å². The molecule has 0 saturated heterocycles. The van der Waals surface area contributed by atoms with Crippen LogP contribution in [0.2, 0.25) is 0 Å². The van der Waals surface area contributed by atoms with E-state index in [1.807, 2.05) is 7.11 Å². The predicted molar refractivity (Wildman–Crippen MR) is 61.0 cm³/mol. The van der Waals surface area contributed by atoms with E-state index < -0.39 is 0 Å². The predicted octanol–water partition coefficient (Wildman–Crippen LogP) is 2.39. The Morgan fingerprint density at radius 1 is 1.00 bits per heavy atom. The summed E-state index contributed by atoms with van der Waals surface area (Å²) in [4.78, 5) is 11.4. The van der Waals surface area contributed by atoms with Gasteiger partial charge in [0, 0.05) is 7.11 Å². The lowest BCUT2D eigenvalue weighted by atomic mass is 9.78. The molecule has 92 valence electrons. The van der Waals surface area contributed by atoms with Crippen LogP contribution in [0.15, 0.2) is 0 Å². The lowest BCUT2D eigenvalue weighted by Gasteiger charge is -2.32. The first-order valence-corrected chi connectivity index (χ1v) is 6.37. The molecule has 0 bridgehead atoms. The minimum Gasteiger partial charge on any atom is -0.469 e. The van der Waals surface area contributed by atoms with Gasteiger partial charge in [-0.3, -0.25) is 4.79 Å². The molecule has 2 aliphatic rings. The molecule has 2 rings (SSSR count). The molecule has 1 atom stereocenters. The second-order valence-corrected chi connectivity index (χ2v) is 5.17. The maximum absolute atomic E-state index is 11.4. The second kappa shape index (κ2) is 5.17. The van der Waals surface area contributed by atoms with Gasteiger partial charge in [-0.1, -0.05) is 0 Å². The molecule has 0 N–H and O–H groups in total. The van der Waals surface area contributed by atoms with Crippen LogP contribution in [0.3, 0.4) is 0 Å². The molecule has 1 unspecified atom stereocenters. The molecule has 2 saturated carbocycles. The van der Waals surface area contributed by atoms with Crippen LogP contribution in [-0.2, 0) is 14.3 Å². The number of esters is 1. The van der Waals surface area contributed by atoms with Crippen molar-refractivity contribution >= 4 is 5.97 Å². The molecule has 2 aliphatic carbocycles. The molecular formula is C13H22O3. The lowest BCUT2D eigenvalue weighted by Crippen LogP contribution is -2.31. The molecule has 0 spiro atoms. The molecule has 0 radical (unpaired) electrons. The molecule has 0 aliphatic heterocycles. The van der Waals surface area contributed by atoms with Gasteiger partial charge < -0.3 is 9.47 Å². The molecule has 0 aromatic carbocycles. The molecule has 3 heteroatoms. The number of rotatable bonds is 4. The van der Waals surface area contributed by atoms with E-state index in [9.17, 15) is 4.79 Å². The van der Waals surface area contributed by atoms with Crippen molar-refractivity contribution in [3.63, 3.8) is 0 Å². The zero-order chi connectivity index (χ0) is 11.5. The van der Waals surface area contributed by atoms with Crippen molar-refractivity contribution < 1.29 is 14.3 Å². The Bertz CT molecular complexity index is 240. The molecular weight excluding hydrogens is 204 g/mol. The van der Waals surface area contributed by atoms with Gasteiger partial charge in [0.25, 0.3) is 0 Å². The monoisotopic (exact) mass is 226 g/mol. The number of hydrogen-bond donors (Lipinski definition) is 0. The highest BCUT2D eigenvalue weighted by atomic mass is 16.5. The van der Waals surface area contributed by atoms with Crippen molar-refractivity contribution in [2.24, 2.45) is 17.8 Å². The van der Waals surface area contributed by atoms with Crippen LogP contribution in [-0.4, -0.2) is 26.3 Å². The summed E-state index contributed by atoms with van der Waals surface area (Å²) in [5.74, 6) is 1.57. The summed E-state index contributed by atoms with van der Waals surface area (Å²) in [6, 6.07) is 0. The fraction of sp³-hybridized carbons (Fsp3) is 0.923. The van der Waals surface area contributed by atoms with Gasteiger partial charge in [0.1, 0.15) is 0 Å². The number of methoxy groups -OCH3 is 2. The Morgan fingerprint density at radius 2 is 1.50 bits per heavy atom. The SMILES string of the molecule is COC(=O)C1CCC(C(OC)C2CC2)CC1. The number of carbonyl (C=O) groups excluding carboxylic acids is 1.